The van der Waals surface area contributed by atoms with E-state index in [2.05, 4.69) is 33.8 Å². The van der Waals surface area contributed by atoms with E-state index in [0.717, 1.165) is 56.4 Å². The molecule has 1 aliphatic rings. The van der Waals surface area contributed by atoms with E-state index in [1.807, 2.05) is 12.1 Å². The minimum absolute atomic E-state index is 0. The highest BCUT2D eigenvalue weighted by atomic mass is 127. The molecule has 0 amide bonds. The Morgan fingerprint density at radius 3 is 2.93 bits per heavy atom. The highest BCUT2D eigenvalue weighted by Gasteiger charge is 2.11. The zero-order valence-corrected chi connectivity index (χ0v) is 18.0. The lowest BCUT2D eigenvalue weighted by molar-refractivity contribution is 0.105. The van der Waals surface area contributed by atoms with Gasteiger partial charge < -0.3 is 24.5 Å². The standard InChI is InChI=1S/C20H27N3O3.HI/c1-21-20(22-9-3-11-24-15-18-4-2-12-25-18)23-10-7-16-5-6-19-17(14-16)8-13-26-19;/h2,4-6,12,14H,3,7-11,13,15H2,1H3,(H2,21,22,23);1H. The molecule has 0 unspecified atom stereocenters. The third-order valence-electron chi connectivity index (χ3n) is 4.27. The van der Waals surface area contributed by atoms with Crippen LogP contribution in [0.4, 0.5) is 0 Å². The first kappa shape index (κ1) is 21.6. The molecule has 6 nitrogen and oxygen atoms in total. The maximum absolute atomic E-state index is 5.56. The summed E-state index contributed by atoms with van der Waals surface area (Å²) in [4.78, 5) is 4.25. The Hall–Kier alpha value is -1.74. The van der Waals surface area contributed by atoms with Crippen molar-refractivity contribution in [1.29, 1.82) is 0 Å². The number of nitrogens with one attached hydrogen (secondary N) is 2. The molecule has 148 valence electrons. The summed E-state index contributed by atoms with van der Waals surface area (Å²) in [7, 11) is 1.79. The second-order valence-electron chi connectivity index (χ2n) is 6.20. The Kier molecular flexibility index (Phi) is 9.47. The van der Waals surface area contributed by atoms with E-state index in [1.54, 1.807) is 13.3 Å². The number of guanidine groups is 1. The van der Waals surface area contributed by atoms with Crippen molar-refractivity contribution in [2.75, 3.05) is 33.4 Å². The van der Waals surface area contributed by atoms with E-state index >= 15 is 0 Å². The van der Waals surface area contributed by atoms with Crippen LogP contribution in [0.25, 0.3) is 0 Å². The van der Waals surface area contributed by atoms with Gasteiger partial charge in [0, 0.05) is 33.2 Å². The molecule has 2 heterocycles. The first-order valence-electron chi connectivity index (χ1n) is 9.14. The second-order valence-corrected chi connectivity index (χ2v) is 6.20. The molecule has 0 spiro atoms. The fraction of sp³-hybridized carbons (Fsp3) is 0.450. The minimum Gasteiger partial charge on any atom is -0.493 e. The lowest BCUT2D eigenvalue weighted by Crippen LogP contribution is -2.39. The lowest BCUT2D eigenvalue weighted by Gasteiger charge is -2.12. The number of halogens is 1. The molecule has 0 radical (unpaired) electrons. The van der Waals surface area contributed by atoms with Crippen LogP contribution in [0.2, 0.25) is 0 Å². The van der Waals surface area contributed by atoms with Crippen LogP contribution < -0.4 is 15.4 Å². The molecule has 1 aromatic carbocycles. The van der Waals surface area contributed by atoms with Crippen LogP contribution >= 0.6 is 24.0 Å². The van der Waals surface area contributed by atoms with Gasteiger partial charge in [0.1, 0.15) is 18.1 Å². The van der Waals surface area contributed by atoms with Gasteiger partial charge >= 0.3 is 0 Å². The number of hydrogen-bond donors (Lipinski definition) is 2. The highest BCUT2D eigenvalue weighted by Crippen LogP contribution is 2.25. The summed E-state index contributed by atoms with van der Waals surface area (Å²) < 4.78 is 16.3. The molecule has 3 rings (SSSR count). The molecule has 1 aliphatic heterocycles. The molecule has 7 heteroatoms. The number of hydrogen-bond acceptors (Lipinski definition) is 4. The van der Waals surface area contributed by atoms with Crippen molar-refractivity contribution in [2.24, 2.45) is 4.99 Å². The van der Waals surface area contributed by atoms with E-state index in [4.69, 9.17) is 13.9 Å². The number of furan rings is 1. The van der Waals surface area contributed by atoms with Crippen LogP contribution in [0.3, 0.4) is 0 Å². The van der Waals surface area contributed by atoms with Gasteiger partial charge in [-0.15, -0.1) is 24.0 Å². The molecule has 2 aromatic rings. The van der Waals surface area contributed by atoms with Gasteiger partial charge in [0.15, 0.2) is 5.96 Å². The first-order chi connectivity index (χ1) is 12.8. The fourth-order valence-electron chi connectivity index (χ4n) is 2.89. The largest absolute Gasteiger partial charge is 0.493 e. The molecule has 2 N–H and O–H groups in total. The number of rotatable bonds is 9. The molecule has 0 bridgehead atoms. The molecule has 27 heavy (non-hydrogen) atoms. The van der Waals surface area contributed by atoms with Gasteiger partial charge in [0.2, 0.25) is 0 Å². The molecule has 0 aliphatic carbocycles. The number of nitrogens with zero attached hydrogens (tertiary/aromatic N) is 1. The maximum atomic E-state index is 5.56. The third kappa shape index (κ3) is 7.06. The van der Waals surface area contributed by atoms with Crippen LogP contribution in [0.5, 0.6) is 5.75 Å². The van der Waals surface area contributed by atoms with Gasteiger partial charge in [-0.2, -0.15) is 0 Å². The molecule has 0 fully saturated rings. The van der Waals surface area contributed by atoms with Crippen molar-refractivity contribution in [3.05, 3.63) is 53.5 Å². The number of fused-ring (bicyclic) bond motifs is 1. The average molecular weight is 485 g/mol. The van der Waals surface area contributed by atoms with Gasteiger partial charge in [-0.05, 0) is 42.2 Å². The van der Waals surface area contributed by atoms with Crippen molar-refractivity contribution >= 4 is 29.9 Å². The molecule has 0 atom stereocenters. The first-order valence-corrected chi connectivity index (χ1v) is 9.14. The second kappa shape index (κ2) is 11.9. The Labute approximate surface area is 177 Å². The van der Waals surface area contributed by atoms with Crippen LogP contribution in [0.15, 0.2) is 46.0 Å². The average Bonchev–Trinajstić information content (AvgIpc) is 3.34. The summed E-state index contributed by atoms with van der Waals surface area (Å²) >= 11 is 0. The van der Waals surface area contributed by atoms with Crippen LogP contribution in [0, 0.1) is 0 Å². The minimum atomic E-state index is 0. The summed E-state index contributed by atoms with van der Waals surface area (Å²) in [6.45, 7) is 3.66. The SMILES string of the molecule is CN=C(NCCCOCc1ccco1)NCCc1ccc2c(c1)CCO2.I. The molecular weight excluding hydrogens is 457 g/mol. The number of aliphatic imine (C=N–C) groups is 1. The van der Waals surface area contributed by atoms with Crippen LogP contribution in [-0.4, -0.2) is 39.3 Å². The smallest absolute Gasteiger partial charge is 0.190 e. The quantitative estimate of drug-likeness (QED) is 0.247. The van der Waals surface area contributed by atoms with Gasteiger partial charge in [0.05, 0.1) is 12.9 Å². The van der Waals surface area contributed by atoms with E-state index in [1.165, 1.54) is 11.1 Å². The van der Waals surface area contributed by atoms with E-state index < -0.39 is 0 Å². The highest BCUT2D eigenvalue weighted by molar-refractivity contribution is 14.0. The Balaban J connectivity index is 0.00000261. The Morgan fingerprint density at radius 2 is 2.11 bits per heavy atom. The maximum Gasteiger partial charge on any atom is 0.190 e. The zero-order chi connectivity index (χ0) is 18.0. The Bertz CT molecular complexity index is 705. The lowest BCUT2D eigenvalue weighted by atomic mass is 10.1. The van der Waals surface area contributed by atoms with E-state index in [0.29, 0.717) is 13.2 Å². The predicted octanol–water partition coefficient (Wildman–Crippen LogP) is 3.15. The monoisotopic (exact) mass is 485 g/mol. The van der Waals surface area contributed by atoms with Crippen molar-refractivity contribution in [3.63, 3.8) is 0 Å². The molecule has 0 saturated carbocycles. The summed E-state index contributed by atoms with van der Waals surface area (Å²) in [5.74, 6) is 2.71. The summed E-state index contributed by atoms with van der Waals surface area (Å²) in [6.07, 6.45) is 4.54. The van der Waals surface area contributed by atoms with E-state index in [9.17, 15) is 0 Å². The van der Waals surface area contributed by atoms with Crippen molar-refractivity contribution in [2.45, 2.75) is 25.9 Å². The van der Waals surface area contributed by atoms with Crippen LogP contribution in [-0.2, 0) is 24.2 Å². The molecule has 1 aromatic heterocycles. The van der Waals surface area contributed by atoms with Crippen molar-refractivity contribution < 1.29 is 13.9 Å². The van der Waals surface area contributed by atoms with Gasteiger partial charge in [-0.1, -0.05) is 12.1 Å². The molecular formula is C20H28IN3O3. The van der Waals surface area contributed by atoms with E-state index in [-0.39, 0.29) is 24.0 Å². The van der Waals surface area contributed by atoms with Crippen molar-refractivity contribution in [3.8, 4) is 5.75 Å². The Morgan fingerprint density at radius 1 is 1.22 bits per heavy atom. The normalized spacial score (nSPS) is 12.9. The number of ether oxygens (including phenoxy) is 2. The topological polar surface area (TPSA) is 68.0 Å². The van der Waals surface area contributed by atoms with Gasteiger partial charge in [-0.3, -0.25) is 4.99 Å². The summed E-state index contributed by atoms with van der Waals surface area (Å²) in [6, 6.07) is 10.2. The summed E-state index contributed by atoms with van der Waals surface area (Å²) in [5.41, 5.74) is 2.64. The van der Waals surface area contributed by atoms with Crippen molar-refractivity contribution in [1.82, 2.24) is 10.6 Å². The zero-order valence-electron chi connectivity index (χ0n) is 15.7. The fourth-order valence-corrected chi connectivity index (χ4v) is 2.89. The van der Waals surface area contributed by atoms with Gasteiger partial charge in [-0.25, -0.2) is 0 Å². The third-order valence-corrected chi connectivity index (χ3v) is 4.27. The summed E-state index contributed by atoms with van der Waals surface area (Å²) in [5, 5.41) is 6.66. The molecule has 0 saturated heterocycles. The van der Waals surface area contributed by atoms with Crippen LogP contribution in [0.1, 0.15) is 23.3 Å². The predicted molar refractivity (Wildman–Crippen MR) is 117 cm³/mol. The van der Waals surface area contributed by atoms with Gasteiger partial charge in [0.25, 0.3) is 0 Å². The number of benzene rings is 1.